The van der Waals surface area contributed by atoms with Crippen molar-refractivity contribution in [3.63, 3.8) is 0 Å². The minimum absolute atomic E-state index is 0.0430. The minimum atomic E-state index is -4.91. The lowest BCUT2D eigenvalue weighted by atomic mass is 10.00. The van der Waals surface area contributed by atoms with Crippen molar-refractivity contribution in [3.8, 4) is 10.4 Å². The number of aliphatic hydroxyl groups is 1. The molecule has 0 bridgehead atoms. The fourth-order valence-corrected chi connectivity index (χ4v) is 4.33. The molecule has 1 amide bonds. The van der Waals surface area contributed by atoms with Gasteiger partial charge < -0.3 is 15.7 Å². The predicted molar refractivity (Wildman–Crippen MR) is 106 cm³/mol. The third kappa shape index (κ3) is 4.88. The van der Waals surface area contributed by atoms with Crippen LogP contribution in [-0.4, -0.2) is 57.6 Å². The first kappa shape index (κ1) is 22.4. The van der Waals surface area contributed by atoms with E-state index in [0.717, 1.165) is 26.6 Å². The summed E-state index contributed by atoms with van der Waals surface area (Å²) in [7, 11) is 0. The molecule has 3 N–H and O–H groups in total. The summed E-state index contributed by atoms with van der Waals surface area (Å²) in [5.41, 5.74) is 9.61. The number of thiazole rings is 1. The van der Waals surface area contributed by atoms with Gasteiger partial charge in [-0.25, -0.2) is 4.98 Å². The number of halogens is 3. The number of hydrogen-bond donors (Lipinski definition) is 2. The largest absolute Gasteiger partial charge is 0.412 e. The molecule has 1 saturated heterocycles. The first-order chi connectivity index (χ1) is 14.1. The van der Waals surface area contributed by atoms with Gasteiger partial charge in [0, 0.05) is 19.4 Å². The Hall–Kier alpha value is -2.30. The molecule has 2 unspecified atom stereocenters. The SMILES string of the molecule is Cc1ncsc1-c1ccc(CCC(=O)C2C[C@@H](O)CN2C(=O)C(N)C(F)(F)F)cc1. The van der Waals surface area contributed by atoms with Crippen LogP contribution in [-0.2, 0) is 16.0 Å². The van der Waals surface area contributed by atoms with Gasteiger partial charge in [0.05, 0.1) is 28.2 Å². The van der Waals surface area contributed by atoms with E-state index in [9.17, 15) is 27.9 Å². The van der Waals surface area contributed by atoms with Crippen LogP contribution < -0.4 is 5.73 Å². The van der Waals surface area contributed by atoms with E-state index < -0.39 is 36.1 Å². The summed E-state index contributed by atoms with van der Waals surface area (Å²) >= 11 is 1.53. The van der Waals surface area contributed by atoms with Crippen LogP contribution in [0.3, 0.4) is 0 Å². The average molecular weight is 441 g/mol. The highest BCUT2D eigenvalue weighted by Gasteiger charge is 2.48. The first-order valence-electron chi connectivity index (χ1n) is 9.41. The molecule has 1 aliphatic heterocycles. The fraction of sp³-hybridized carbons (Fsp3) is 0.450. The molecule has 1 aliphatic rings. The number of β-amino-alcohol motifs (C(OH)–C–C–N with tert-alkyl or cyclic N) is 1. The molecule has 6 nitrogen and oxygen atoms in total. The Morgan fingerprint density at radius 2 is 2.00 bits per heavy atom. The summed E-state index contributed by atoms with van der Waals surface area (Å²) in [6.45, 7) is 1.59. The fourth-order valence-electron chi connectivity index (χ4n) is 3.52. The van der Waals surface area contributed by atoms with Crippen molar-refractivity contribution < 1.29 is 27.9 Å². The van der Waals surface area contributed by atoms with Crippen LogP contribution in [0.15, 0.2) is 29.8 Å². The summed E-state index contributed by atoms with van der Waals surface area (Å²) in [6.07, 6.45) is -5.62. The lowest BCUT2D eigenvalue weighted by molar-refractivity contribution is -0.171. The number of aryl methyl sites for hydroxylation is 2. The molecule has 1 aromatic heterocycles. The van der Waals surface area contributed by atoms with E-state index in [-0.39, 0.29) is 19.4 Å². The Bertz CT molecular complexity index is 914. The Morgan fingerprint density at radius 1 is 1.33 bits per heavy atom. The smallest absolute Gasteiger partial charge is 0.391 e. The summed E-state index contributed by atoms with van der Waals surface area (Å²) in [4.78, 5) is 30.8. The van der Waals surface area contributed by atoms with Gasteiger partial charge in [0.15, 0.2) is 11.8 Å². The van der Waals surface area contributed by atoms with Crippen LogP contribution in [0.2, 0.25) is 0 Å². The number of nitrogens with zero attached hydrogens (tertiary/aromatic N) is 2. The number of Topliss-reactive ketones (excluding diaryl/α,β-unsaturated/α-hetero) is 1. The zero-order valence-corrected chi connectivity index (χ0v) is 17.0. The number of amides is 1. The Kier molecular flexibility index (Phi) is 6.59. The highest BCUT2D eigenvalue weighted by atomic mass is 32.1. The number of likely N-dealkylation sites (tertiary alicyclic amines) is 1. The average Bonchev–Trinajstić information content (AvgIpc) is 3.30. The Morgan fingerprint density at radius 3 is 2.57 bits per heavy atom. The van der Waals surface area contributed by atoms with Crippen molar-refractivity contribution in [3.05, 3.63) is 41.0 Å². The molecule has 2 heterocycles. The Balaban J connectivity index is 1.63. The molecule has 1 aromatic carbocycles. The summed E-state index contributed by atoms with van der Waals surface area (Å²) in [5, 5.41) is 9.81. The van der Waals surface area contributed by atoms with Gasteiger partial charge in [0.2, 0.25) is 5.91 Å². The number of benzene rings is 1. The summed E-state index contributed by atoms with van der Waals surface area (Å²) in [5.74, 6) is -1.78. The van der Waals surface area contributed by atoms with Gasteiger partial charge in [-0.05, 0) is 24.5 Å². The maximum atomic E-state index is 12.8. The molecule has 0 spiro atoms. The molecular weight excluding hydrogens is 419 g/mol. The molecule has 1 fully saturated rings. The lowest BCUT2D eigenvalue weighted by Gasteiger charge is -2.27. The van der Waals surface area contributed by atoms with E-state index in [0.29, 0.717) is 6.42 Å². The van der Waals surface area contributed by atoms with Gasteiger partial charge in [-0.3, -0.25) is 9.59 Å². The standard InChI is InChI=1S/C20H22F3N3O3S/c1-11-17(30-10-25-11)13-5-2-12(3-6-13)4-7-16(28)15-8-14(27)9-26(15)19(29)18(24)20(21,22)23/h2-3,5-6,10,14-15,18,27H,4,7-9,24H2,1H3/t14-,15?,18?/m1/s1. The topological polar surface area (TPSA) is 96.5 Å². The van der Waals surface area contributed by atoms with Crippen LogP contribution in [0.1, 0.15) is 24.1 Å². The molecule has 3 rings (SSSR count). The second-order valence-corrected chi connectivity index (χ2v) is 8.20. The van der Waals surface area contributed by atoms with Gasteiger partial charge in [-0.15, -0.1) is 11.3 Å². The number of aliphatic hydroxyl groups excluding tert-OH is 1. The minimum Gasteiger partial charge on any atom is -0.391 e. The highest BCUT2D eigenvalue weighted by molar-refractivity contribution is 7.13. The molecule has 162 valence electrons. The third-order valence-electron chi connectivity index (χ3n) is 5.17. The van der Waals surface area contributed by atoms with Gasteiger partial charge >= 0.3 is 6.18 Å². The number of aromatic nitrogens is 1. The highest BCUT2D eigenvalue weighted by Crippen LogP contribution is 2.28. The number of ketones is 1. The van der Waals surface area contributed by atoms with Crippen LogP contribution in [0, 0.1) is 6.92 Å². The number of nitrogens with two attached hydrogens (primary N) is 1. The lowest BCUT2D eigenvalue weighted by Crippen LogP contribution is -2.54. The second kappa shape index (κ2) is 8.83. The van der Waals surface area contributed by atoms with Gasteiger partial charge in [-0.2, -0.15) is 13.2 Å². The van der Waals surface area contributed by atoms with Gasteiger partial charge in [-0.1, -0.05) is 24.3 Å². The van der Waals surface area contributed by atoms with Gasteiger partial charge in [0.1, 0.15) is 0 Å². The van der Waals surface area contributed by atoms with E-state index in [1.807, 2.05) is 31.2 Å². The van der Waals surface area contributed by atoms with Crippen molar-refractivity contribution in [2.24, 2.45) is 5.73 Å². The monoisotopic (exact) mass is 441 g/mol. The van der Waals surface area contributed by atoms with Crippen LogP contribution >= 0.6 is 11.3 Å². The molecule has 3 atom stereocenters. The molecule has 0 radical (unpaired) electrons. The molecule has 0 saturated carbocycles. The van der Waals surface area contributed by atoms with Gasteiger partial charge in [0.25, 0.3) is 0 Å². The summed E-state index contributed by atoms with van der Waals surface area (Å²) in [6, 6.07) is 3.82. The quantitative estimate of drug-likeness (QED) is 0.718. The van der Waals surface area contributed by atoms with Crippen molar-refractivity contribution in [1.29, 1.82) is 0 Å². The normalized spacial score (nSPS) is 20.4. The van der Waals surface area contributed by atoms with E-state index in [1.54, 1.807) is 5.51 Å². The molecular formula is C20H22F3N3O3S. The zero-order valence-electron chi connectivity index (χ0n) is 16.2. The van der Waals surface area contributed by atoms with Crippen molar-refractivity contribution >= 4 is 23.0 Å². The number of alkyl halides is 3. The number of rotatable bonds is 6. The predicted octanol–water partition coefficient (Wildman–Crippen LogP) is 2.47. The number of hydrogen-bond acceptors (Lipinski definition) is 6. The number of carbonyl (C=O) groups is 2. The molecule has 2 aromatic rings. The first-order valence-corrected chi connectivity index (χ1v) is 10.3. The van der Waals surface area contributed by atoms with Crippen molar-refractivity contribution in [1.82, 2.24) is 9.88 Å². The van der Waals surface area contributed by atoms with E-state index in [1.165, 1.54) is 11.3 Å². The van der Waals surface area contributed by atoms with E-state index >= 15 is 0 Å². The van der Waals surface area contributed by atoms with E-state index in [4.69, 9.17) is 5.73 Å². The molecule has 30 heavy (non-hydrogen) atoms. The van der Waals surface area contributed by atoms with E-state index in [2.05, 4.69) is 4.98 Å². The zero-order chi connectivity index (χ0) is 22.1. The van der Waals surface area contributed by atoms with Crippen LogP contribution in [0.5, 0.6) is 0 Å². The second-order valence-electron chi connectivity index (χ2n) is 7.35. The summed E-state index contributed by atoms with van der Waals surface area (Å²) < 4.78 is 38.4. The Labute approximate surface area is 175 Å². The third-order valence-corrected chi connectivity index (χ3v) is 6.15. The maximum Gasteiger partial charge on any atom is 0.412 e. The number of carbonyl (C=O) groups excluding carboxylic acids is 2. The maximum absolute atomic E-state index is 12.8. The molecule has 10 heteroatoms. The van der Waals surface area contributed by atoms with Crippen molar-refractivity contribution in [2.45, 2.75) is 50.6 Å². The van der Waals surface area contributed by atoms with Crippen molar-refractivity contribution in [2.75, 3.05) is 6.54 Å². The van der Waals surface area contributed by atoms with Crippen LogP contribution in [0.25, 0.3) is 10.4 Å². The molecule has 0 aliphatic carbocycles. The van der Waals surface area contributed by atoms with Crippen LogP contribution in [0.4, 0.5) is 13.2 Å².